The number of phenols is 1. The van der Waals surface area contributed by atoms with E-state index in [-0.39, 0.29) is 11.3 Å². The van der Waals surface area contributed by atoms with Crippen LogP contribution in [0.1, 0.15) is 44.5 Å². The Morgan fingerprint density at radius 3 is 2.61 bits per heavy atom. The molecule has 1 atom stereocenters. The molecule has 8 heteroatoms. The molecular weight excluding hydrogens is 382 g/mol. The molecule has 0 radical (unpaired) electrons. The summed E-state index contributed by atoms with van der Waals surface area (Å²) >= 11 is 1.37. The Morgan fingerprint density at radius 2 is 1.93 bits per heavy atom. The molecule has 0 saturated heterocycles. The fraction of sp³-hybridized carbons (Fsp3) is 0.350. The first kappa shape index (κ1) is 19.9. The van der Waals surface area contributed by atoms with Crippen LogP contribution in [-0.4, -0.2) is 36.7 Å². The van der Waals surface area contributed by atoms with Gasteiger partial charge in [-0.15, -0.1) is 11.3 Å². The van der Waals surface area contributed by atoms with Crippen molar-refractivity contribution in [3.63, 3.8) is 0 Å². The molecule has 1 aliphatic carbocycles. The highest BCUT2D eigenvalue weighted by Crippen LogP contribution is 2.40. The van der Waals surface area contributed by atoms with E-state index >= 15 is 0 Å². The zero-order chi connectivity index (χ0) is 20.3. The summed E-state index contributed by atoms with van der Waals surface area (Å²) in [7, 11) is 1.31. The molecule has 0 unspecified atom stereocenters. The van der Waals surface area contributed by atoms with E-state index in [2.05, 4.69) is 12.2 Å². The van der Waals surface area contributed by atoms with Crippen molar-refractivity contribution in [2.24, 2.45) is 5.92 Å². The summed E-state index contributed by atoms with van der Waals surface area (Å²) in [6.45, 7) is 1.67. The van der Waals surface area contributed by atoms with Gasteiger partial charge in [0.15, 0.2) is 6.61 Å². The number of esters is 2. The quantitative estimate of drug-likeness (QED) is 0.744. The zero-order valence-electron chi connectivity index (χ0n) is 15.6. The number of phenolic OH excluding ortho intramolecular Hbond substituents is 1. The van der Waals surface area contributed by atoms with Crippen LogP contribution in [0.4, 0.5) is 5.00 Å². The van der Waals surface area contributed by atoms with Gasteiger partial charge in [-0.1, -0.05) is 6.92 Å². The largest absolute Gasteiger partial charge is 0.508 e. The number of ether oxygens (including phenoxy) is 2. The minimum absolute atomic E-state index is 0.0283. The number of methoxy groups -OCH3 is 1. The van der Waals surface area contributed by atoms with E-state index in [4.69, 9.17) is 9.47 Å². The first-order chi connectivity index (χ1) is 13.4. The molecule has 3 rings (SSSR count). The van der Waals surface area contributed by atoms with Gasteiger partial charge >= 0.3 is 11.9 Å². The van der Waals surface area contributed by atoms with Gasteiger partial charge in [0.1, 0.15) is 10.8 Å². The molecule has 0 aliphatic heterocycles. The lowest BCUT2D eigenvalue weighted by Crippen LogP contribution is -2.22. The minimum Gasteiger partial charge on any atom is -0.508 e. The number of aromatic hydroxyl groups is 1. The first-order valence-corrected chi connectivity index (χ1v) is 9.69. The SMILES string of the molecule is COC(=O)c1c(NC(=O)COC(=O)c2ccc(O)cc2)sc2c1CC[C@H](C)C2. The van der Waals surface area contributed by atoms with Gasteiger partial charge in [-0.25, -0.2) is 9.59 Å². The van der Waals surface area contributed by atoms with E-state index < -0.39 is 24.5 Å². The lowest BCUT2D eigenvalue weighted by molar-refractivity contribution is -0.119. The third-order valence-corrected chi connectivity index (χ3v) is 5.76. The fourth-order valence-electron chi connectivity index (χ4n) is 3.13. The maximum Gasteiger partial charge on any atom is 0.341 e. The van der Waals surface area contributed by atoms with Crippen molar-refractivity contribution in [1.29, 1.82) is 0 Å². The maximum atomic E-state index is 12.3. The molecule has 28 heavy (non-hydrogen) atoms. The normalized spacial score (nSPS) is 15.4. The molecule has 1 aromatic heterocycles. The predicted octanol–water partition coefficient (Wildman–Crippen LogP) is 3.16. The van der Waals surface area contributed by atoms with Crippen LogP contribution in [0.15, 0.2) is 24.3 Å². The highest BCUT2D eigenvalue weighted by molar-refractivity contribution is 7.17. The highest BCUT2D eigenvalue weighted by atomic mass is 32.1. The summed E-state index contributed by atoms with van der Waals surface area (Å²) in [6, 6.07) is 5.52. The highest BCUT2D eigenvalue weighted by Gasteiger charge is 2.29. The number of carbonyl (C=O) groups is 3. The van der Waals surface area contributed by atoms with Crippen LogP contribution in [0, 0.1) is 5.92 Å². The van der Waals surface area contributed by atoms with Crippen molar-refractivity contribution in [3.05, 3.63) is 45.8 Å². The van der Waals surface area contributed by atoms with Gasteiger partial charge in [0.2, 0.25) is 0 Å². The van der Waals surface area contributed by atoms with Crippen molar-refractivity contribution in [2.75, 3.05) is 19.0 Å². The van der Waals surface area contributed by atoms with Crippen LogP contribution in [0.25, 0.3) is 0 Å². The van der Waals surface area contributed by atoms with Crippen molar-refractivity contribution >= 4 is 34.2 Å². The Hall–Kier alpha value is -2.87. The monoisotopic (exact) mass is 403 g/mol. The number of rotatable bonds is 5. The van der Waals surface area contributed by atoms with Crippen molar-refractivity contribution in [1.82, 2.24) is 0 Å². The predicted molar refractivity (Wildman–Crippen MR) is 104 cm³/mol. The summed E-state index contributed by atoms with van der Waals surface area (Å²) in [6.07, 6.45) is 2.60. The third kappa shape index (κ3) is 4.33. The van der Waals surface area contributed by atoms with E-state index in [9.17, 15) is 19.5 Å². The Morgan fingerprint density at radius 1 is 1.21 bits per heavy atom. The Labute approximate surface area is 166 Å². The molecular formula is C20H21NO6S. The zero-order valence-corrected chi connectivity index (χ0v) is 16.4. The number of hydrogen-bond donors (Lipinski definition) is 2. The fourth-order valence-corrected chi connectivity index (χ4v) is 4.55. The lowest BCUT2D eigenvalue weighted by Gasteiger charge is -2.18. The summed E-state index contributed by atoms with van der Waals surface area (Å²) in [5, 5.41) is 12.3. The number of amides is 1. The molecule has 0 saturated carbocycles. The number of fused-ring (bicyclic) bond motifs is 1. The van der Waals surface area contributed by atoms with Crippen LogP contribution in [0.3, 0.4) is 0 Å². The van der Waals surface area contributed by atoms with Gasteiger partial charge in [0, 0.05) is 4.88 Å². The van der Waals surface area contributed by atoms with Crippen molar-refractivity contribution in [2.45, 2.75) is 26.2 Å². The molecule has 0 spiro atoms. The number of anilines is 1. The van der Waals surface area contributed by atoms with Crippen LogP contribution >= 0.6 is 11.3 Å². The van der Waals surface area contributed by atoms with E-state index in [1.807, 2.05) is 0 Å². The Kier molecular flexibility index (Phi) is 5.99. The molecule has 1 aromatic carbocycles. The van der Waals surface area contributed by atoms with Crippen molar-refractivity contribution in [3.8, 4) is 5.75 Å². The molecule has 7 nitrogen and oxygen atoms in total. The molecule has 148 valence electrons. The molecule has 2 N–H and O–H groups in total. The molecule has 2 aromatic rings. The van der Waals surface area contributed by atoms with Gasteiger partial charge in [-0.3, -0.25) is 4.79 Å². The molecule has 0 bridgehead atoms. The number of thiophene rings is 1. The third-order valence-electron chi connectivity index (χ3n) is 4.59. The van der Waals surface area contributed by atoms with E-state index in [1.165, 1.54) is 42.7 Å². The second-order valence-corrected chi connectivity index (χ2v) is 7.82. The Balaban J connectivity index is 1.69. The number of carbonyl (C=O) groups excluding carboxylic acids is 3. The molecule has 1 heterocycles. The van der Waals surface area contributed by atoms with Gasteiger partial charge in [-0.05, 0) is 55.0 Å². The molecule has 1 aliphatic rings. The lowest BCUT2D eigenvalue weighted by atomic mass is 9.88. The second kappa shape index (κ2) is 8.43. The van der Waals surface area contributed by atoms with Crippen molar-refractivity contribution < 1.29 is 29.0 Å². The average Bonchev–Trinajstić information content (AvgIpc) is 3.02. The standard InChI is InChI=1S/C20H21NO6S/c1-11-3-8-14-15(9-11)28-18(17(14)20(25)26-2)21-16(23)10-27-19(24)12-4-6-13(22)7-5-12/h4-7,11,22H,3,8-10H2,1-2H3,(H,21,23)/t11-/m0/s1. The molecule has 1 amide bonds. The van der Waals surface area contributed by atoms with Crippen LogP contribution in [-0.2, 0) is 27.1 Å². The average molecular weight is 403 g/mol. The summed E-state index contributed by atoms with van der Waals surface area (Å²) in [5.74, 6) is -1.15. The minimum atomic E-state index is -0.678. The van der Waals surface area contributed by atoms with Crippen LogP contribution in [0.2, 0.25) is 0 Å². The van der Waals surface area contributed by atoms with Gasteiger partial charge in [-0.2, -0.15) is 0 Å². The van der Waals surface area contributed by atoms with E-state index in [1.54, 1.807) is 0 Å². The van der Waals surface area contributed by atoms with Crippen LogP contribution < -0.4 is 5.32 Å². The van der Waals surface area contributed by atoms with E-state index in [0.717, 1.165) is 29.7 Å². The maximum absolute atomic E-state index is 12.3. The van der Waals surface area contributed by atoms with Crippen LogP contribution in [0.5, 0.6) is 5.75 Å². The Bertz CT molecular complexity index is 902. The smallest absolute Gasteiger partial charge is 0.341 e. The summed E-state index contributed by atoms with van der Waals surface area (Å²) in [5.41, 5.74) is 1.56. The molecule has 0 fully saturated rings. The number of nitrogens with one attached hydrogen (secondary N) is 1. The van der Waals surface area contributed by atoms with Gasteiger partial charge in [0.05, 0.1) is 18.2 Å². The summed E-state index contributed by atoms with van der Waals surface area (Å²) < 4.78 is 9.89. The topological polar surface area (TPSA) is 102 Å². The van der Waals surface area contributed by atoms with Gasteiger partial charge in [0.25, 0.3) is 5.91 Å². The van der Waals surface area contributed by atoms with E-state index in [0.29, 0.717) is 16.5 Å². The second-order valence-electron chi connectivity index (χ2n) is 6.72. The first-order valence-electron chi connectivity index (χ1n) is 8.88. The number of hydrogen-bond acceptors (Lipinski definition) is 7. The van der Waals surface area contributed by atoms with Gasteiger partial charge < -0.3 is 19.9 Å². The summed E-state index contributed by atoms with van der Waals surface area (Å²) in [4.78, 5) is 37.6. The number of benzene rings is 1.